The molecule has 4 nitrogen and oxygen atoms in total. The van der Waals surface area contributed by atoms with Crippen molar-refractivity contribution in [2.45, 2.75) is 37.5 Å². The Labute approximate surface area is 175 Å². The SMILES string of the molecule is CC1CCN(CC2CCN(S(=O)(=O)c3ccc(-c4ccccc4)cc3)CC2)CC1. The van der Waals surface area contributed by atoms with E-state index in [0.29, 0.717) is 23.9 Å². The molecule has 0 spiro atoms. The van der Waals surface area contributed by atoms with Gasteiger partial charge >= 0.3 is 0 Å². The zero-order chi connectivity index (χ0) is 20.3. The van der Waals surface area contributed by atoms with Gasteiger partial charge in [0.25, 0.3) is 0 Å². The minimum atomic E-state index is -3.41. The summed E-state index contributed by atoms with van der Waals surface area (Å²) in [5.74, 6) is 1.47. The number of benzene rings is 2. The first-order chi connectivity index (χ1) is 14.0. The van der Waals surface area contributed by atoms with E-state index in [9.17, 15) is 8.42 Å². The molecule has 2 saturated heterocycles. The Morgan fingerprint density at radius 1 is 0.793 bits per heavy atom. The van der Waals surface area contributed by atoms with Gasteiger partial charge in [-0.1, -0.05) is 49.4 Å². The summed E-state index contributed by atoms with van der Waals surface area (Å²) >= 11 is 0. The van der Waals surface area contributed by atoms with Crippen molar-refractivity contribution in [1.82, 2.24) is 9.21 Å². The second kappa shape index (κ2) is 8.99. The molecule has 0 aromatic heterocycles. The van der Waals surface area contributed by atoms with Crippen LogP contribution in [0, 0.1) is 11.8 Å². The molecule has 29 heavy (non-hydrogen) atoms. The van der Waals surface area contributed by atoms with Crippen molar-refractivity contribution in [3.05, 3.63) is 54.6 Å². The number of hydrogen-bond donors (Lipinski definition) is 0. The van der Waals surface area contributed by atoms with Gasteiger partial charge in [0.05, 0.1) is 4.90 Å². The molecular formula is C24H32N2O2S. The fraction of sp³-hybridized carbons (Fsp3) is 0.500. The van der Waals surface area contributed by atoms with Gasteiger partial charge in [0.2, 0.25) is 10.0 Å². The van der Waals surface area contributed by atoms with Crippen molar-refractivity contribution >= 4 is 10.0 Å². The summed E-state index contributed by atoms with van der Waals surface area (Å²) in [5.41, 5.74) is 2.14. The molecule has 2 heterocycles. The molecule has 0 amide bonds. The lowest BCUT2D eigenvalue weighted by Crippen LogP contribution is -2.43. The number of sulfonamides is 1. The summed E-state index contributed by atoms with van der Waals surface area (Å²) in [5, 5.41) is 0. The van der Waals surface area contributed by atoms with Crippen LogP contribution >= 0.6 is 0 Å². The van der Waals surface area contributed by atoms with E-state index in [1.54, 1.807) is 16.4 Å². The first-order valence-electron chi connectivity index (χ1n) is 10.9. The maximum Gasteiger partial charge on any atom is 0.243 e. The Bertz CT molecular complexity index is 880. The normalized spacial score (nSPS) is 20.7. The standard InChI is InChI=1S/C24H32N2O2S/c1-20-11-15-25(16-12-20)19-21-13-17-26(18-14-21)29(27,28)24-9-7-23(8-10-24)22-5-3-2-4-6-22/h2-10,20-21H,11-19H2,1H3. The lowest BCUT2D eigenvalue weighted by atomic mass is 9.94. The van der Waals surface area contributed by atoms with Crippen LogP contribution in [0.2, 0.25) is 0 Å². The molecule has 0 unspecified atom stereocenters. The van der Waals surface area contributed by atoms with Crippen LogP contribution in [0.3, 0.4) is 0 Å². The largest absolute Gasteiger partial charge is 0.303 e. The second-order valence-electron chi connectivity index (χ2n) is 8.72. The van der Waals surface area contributed by atoms with Gasteiger partial charge in [0.15, 0.2) is 0 Å². The fourth-order valence-corrected chi connectivity index (χ4v) is 6.01. The zero-order valence-electron chi connectivity index (χ0n) is 17.3. The van der Waals surface area contributed by atoms with E-state index >= 15 is 0 Å². The molecule has 2 fully saturated rings. The van der Waals surface area contributed by atoms with E-state index in [2.05, 4.69) is 11.8 Å². The topological polar surface area (TPSA) is 40.6 Å². The van der Waals surface area contributed by atoms with Crippen LogP contribution in [0.4, 0.5) is 0 Å². The molecular weight excluding hydrogens is 380 g/mol. The monoisotopic (exact) mass is 412 g/mol. The van der Waals surface area contributed by atoms with Crippen LogP contribution < -0.4 is 0 Å². The number of nitrogens with zero attached hydrogens (tertiary/aromatic N) is 2. The number of piperidine rings is 2. The number of likely N-dealkylation sites (tertiary alicyclic amines) is 1. The van der Waals surface area contributed by atoms with Gasteiger partial charge in [-0.2, -0.15) is 4.31 Å². The van der Waals surface area contributed by atoms with Gasteiger partial charge in [-0.05, 0) is 73.9 Å². The summed E-state index contributed by atoms with van der Waals surface area (Å²) in [7, 11) is -3.41. The third-order valence-electron chi connectivity index (χ3n) is 6.57. The third-order valence-corrected chi connectivity index (χ3v) is 8.48. The Morgan fingerprint density at radius 2 is 1.38 bits per heavy atom. The lowest BCUT2D eigenvalue weighted by molar-refractivity contribution is 0.142. The Hall–Kier alpha value is -1.69. The molecule has 2 aromatic carbocycles. The predicted molar refractivity (Wildman–Crippen MR) is 118 cm³/mol. The minimum Gasteiger partial charge on any atom is -0.303 e. The van der Waals surface area contributed by atoms with Gasteiger partial charge in [0, 0.05) is 19.6 Å². The van der Waals surface area contributed by atoms with Crippen molar-refractivity contribution in [3.8, 4) is 11.1 Å². The van der Waals surface area contributed by atoms with Gasteiger partial charge in [-0.3, -0.25) is 0 Å². The summed E-state index contributed by atoms with van der Waals surface area (Å²) in [4.78, 5) is 2.98. The maximum absolute atomic E-state index is 13.1. The predicted octanol–water partition coefficient (Wildman–Crippen LogP) is 4.49. The van der Waals surface area contributed by atoms with Gasteiger partial charge < -0.3 is 4.90 Å². The van der Waals surface area contributed by atoms with E-state index in [0.717, 1.165) is 36.4 Å². The summed E-state index contributed by atoms with van der Waals surface area (Å²) < 4.78 is 27.8. The van der Waals surface area contributed by atoms with Crippen molar-refractivity contribution in [2.75, 3.05) is 32.7 Å². The van der Waals surface area contributed by atoms with E-state index < -0.39 is 10.0 Å². The van der Waals surface area contributed by atoms with E-state index in [1.165, 1.54) is 25.9 Å². The molecule has 0 bridgehead atoms. The van der Waals surface area contributed by atoms with Crippen LogP contribution in [0.15, 0.2) is 59.5 Å². The molecule has 4 rings (SSSR count). The summed E-state index contributed by atoms with van der Waals surface area (Å²) in [6, 6.07) is 17.4. The average molecular weight is 413 g/mol. The molecule has 0 atom stereocenters. The maximum atomic E-state index is 13.1. The van der Waals surface area contributed by atoms with Crippen LogP contribution in [0.25, 0.3) is 11.1 Å². The molecule has 0 saturated carbocycles. The van der Waals surface area contributed by atoms with Crippen molar-refractivity contribution in [1.29, 1.82) is 0 Å². The molecule has 2 aliphatic rings. The molecule has 0 aliphatic carbocycles. The smallest absolute Gasteiger partial charge is 0.243 e. The highest BCUT2D eigenvalue weighted by atomic mass is 32.2. The van der Waals surface area contributed by atoms with Crippen molar-refractivity contribution in [2.24, 2.45) is 11.8 Å². The highest BCUT2D eigenvalue weighted by Crippen LogP contribution is 2.27. The van der Waals surface area contributed by atoms with Gasteiger partial charge in [-0.15, -0.1) is 0 Å². The molecule has 2 aliphatic heterocycles. The molecule has 5 heteroatoms. The van der Waals surface area contributed by atoms with Crippen molar-refractivity contribution in [3.63, 3.8) is 0 Å². The zero-order valence-corrected chi connectivity index (χ0v) is 18.2. The fourth-order valence-electron chi connectivity index (χ4n) is 4.54. The van der Waals surface area contributed by atoms with Crippen LogP contribution in [-0.4, -0.2) is 50.3 Å². The second-order valence-corrected chi connectivity index (χ2v) is 10.7. The lowest BCUT2D eigenvalue weighted by Gasteiger charge is -2.36. The highest BCUT2D eigenvalue weighted by Gasteiger charge is 2.30. The Kier molecular flexibility index (Phi) is 6.38. The Morgan fingerprint density at radius 3 is 2.00 bits per heavy atom. The Balaban J connectivity index is 1.35. The molecule has 2 aromatic rings. The minimum absolute atomic E-state index is 0.403. The van der Waals surface area contributed by atoms with Crippen LogP contribution in [-0.2, 0) is 10.0 Å². The van der Waals surface area contributed by atoms with Crippen LogP contribution in [0.1, 0.15) is 32.6 Å². The van der Waals surface area contributed by atoms with Gasteiger partial charge in [0.1, 0.15) is 0 Å². The molecule has 156 valence electrons. The molecule has 0 radical (unpaired) electrons. The number of rotatable bonds is 5. The van der Waals surface area contributed by atoms with E-state index in [4.69, 9.17) is 0 Å². The highest BCUT2D eigenvalue weighted by molar-refractivity contribution is 7.89. The van der Waals surface area contributed by atoms with Crippen LogP contribution in [0.5, 0.6) is 0 Å². The quantitative estimate of drug-likeness (QED) is 0.727. The van der Waals surface area contributed by atoms with E-state index in [1.807, 2.05) is 42.5 Å². The summed E-state index contributed by atoms with van der Waals surface area (Å²) in [6.45, 7) is 7.15. The number of hydrogen-bond acceptors (Lipinski definition) is 3. The molecule has 0 N–H and O–H groups in total. The average Bonchev–Trinajstić information content (AvgIpc) is 2.76. The van der Waals surface area contributed by atoms with Crippen molar-refractivity contribution < 1.29 is 8.42 Å². The van der Waals surface area contributed by atoms with E-state index in [-0.39, 0.29) is 0 Å². The summed E-state index contributed by atoms with van der Waals surface area (Å²) in [6.07, 6.45) is 4.53. The third kappa shape index (κ3) is 4.90. The first kappa shape index (κ1) is 20.6. The van der Waals surface area contributed by atoms with Gasteiger partial charge in [-0.25, -0.2) is 8.42 Å². The first-order valence-corrected chi connectivity index (χ1v) is 12.3.